The Labute approximate surface area is 122 Å². The molecule has 0 aliphatic carbocycles. The van der Waals surface area contributed by atoms with Crippen molar-refractivity contribution in [2.75, 3.05) is 11.1 Å². The molecule has 0 aliphatic heterocycles. The third-order valence-corrected chi connectivity index (χ3v) is 3.15. The highest BCUT2D eigenvalue weighted by atomic mass is 79.9. The maximum atomic E-state index is 12.1. The quantitative estimate of drug-likeness (QED) is 0.508. The third kappa shape index (κ3) is 2.75. The molecule has 2 rings (SSSR count). The molecule has 3 N–H and O–H groups in total. The van der Waals surface area contributed by atoms with Crippen molar-refractivity contribution in [3.05, 3.63) is 56.8 Å². The van der Waals surface area contributed by atoms with Crippen molar-refractivity contribution in [3.63, 3.8) is 0 Å². The molecule has 0 atom stereocenters. The minimum Gasteiger partial charge on any atom is -0.393 e. The Bertz CT molecular complexity index is 690. The number of nitro groups is 1. The molecule has 1 amide bonds. The summed E-state index contributed by atoms with van der Waals surface area (Å²) in [6.07, 6.45) is 3.00. The summed E-state index contributed by atoms with van der Waals surface area (Å²) in [7, 11) is 0. The van der Waals surface area contributed by atoms with E-state index in [-0.39, 0.29) is 11.3 Å². The lowest BCUT2D eigenvalue weighted by atomic mass is 10.1. The molecule has 102 valence electrons. The van der Waals surface area contributed by atoms with Crippen LogP contribution in [0.2, 0.25) is 0 Å². The van der Waals surface area contributed by atoms with Crippen molar-refractivity contribution in [3.8, 4) is 0 Å². The normalized spacial score (nSPS) is 10.1. The van der Waals surface area contributed by atoms with Gasteiger partial charge in [-0.15, -0.1) is 0 Å². The lowest BCUT2D eigenvalue weighted by Gasteiger charge is -2.08. The number of benzene rings is 1. The molecule has 0 saturated heterocycles. The number of nitrogen functional groups attached to an aromatic ring is 1. The van der Waals surface area contributed by atoms with E-state index in [4.69, 9.17) is 5.73 Å². The number of carbonyl (C=O) groups is 1. The predicted molar refractivity (Wildman–Crippen MR) is 77.4 cm³/mol. The second-order valence-corrected chi connectivity index (χ2v) is 4.66. The van der Waals surface area contributed by atoms with E-state index in [1.807, 2.05) is 0 Å². The SMILES string of the molecule is Nc1cccc(C(=O)Nc2ccncc2Br)c1[N+](=O)[O-]. The highest BCUT2D eigenvalue weighted by molar-refractivity contribution is 9.10. The van der Waals surface area contributed by atoms with Gasteiger partial charge in [0.15, 0.2) is 0 Å². The van der Waals surface area contributed by atoms with E-state index < -0.39 is 16.5 Å². The van der Waals surface area contributed by atoms with Gasteiger partial charge in [-0.2, -0.15) is 0 Å². The van der Waals surface area contributed by atoms with Crippen LogP contribution in [0.15, 0.2) is 41.1 Å². The van der Waals surface area contributed by atoms with Crippen molar-refractivity contribution in [2.45, 2.75) is 0 Å². The average molecular weight is 337 g/mol. The standard InChI is InChI=1S/C12H9BrN4O3/c13-8-6-15-5-4-10(8)16-12(18)7-2-1-3-9(14)11(7)17(19)20/h1-6H,14H2,(H,15,16,18). The van der Waals surface area contributed by atoms with Gasteiger partial charge in [-0.3, -0.25) is 19.9 Å². The number of nitrogens with zero attached hydrogens (tertiary/aromatic N) is 2. The Morgan fingerprint density at radius 1 is 1.40 bits per heavy atom. The Morgan fingerprint density at radius 2 is 2.15 bits per heavy atom. The first-order valence-corrected chi connectivity index (χ1v) is 6.23. The highest BCUT2D eigenvalue weighted by Gasteiger charge is 2.23. The number of hydrogen-bond donors (Lipinski definition) is 2. The Morgan fingerprint density at radius 3 is 2.80 bits per heavy atom. The first kappa shape index (κ1) is 13.9. The molecule has 1 heterocycles. The van der Waals surface area contributed by atoms with Crippen molar-refractivity contribution in [1.29, 1.82) is 0 Å². The van der Waals surface area contributed by atoms with Crippen LogP contribution in [0.25, 0.3) is 0 Å². The number of pyridine rings is 1. The average Bonchev–Trinajstić information content (AvgIpc) is 2.40. The minimum absolute atomic E-state index is 0.0588. The molecule has 0 bridgehead atoms. The van der Waals surface area contributed by atoms with Gasteiger partial charge in [0, 0.05) is 12.4 Å². The van der Waals surface area contributed by atoms with Gasteiger partial charge in [-0.25, -0.2) is 0 Å². The van der Waals surface area contributed by atoms with Gasteiger partial charge < -0.3 is 11.1 Å². The van der Waals surface area contributed by atoms with Crippen LogP contribution in [-0.4, -0.2) is 15.8 Å². The molecule has 0 spiro atoms. The predicted octanol–water partition coefficient (Wildman–Crippen LogP) is 2.59. The van der Waals surface area contributed by atoms with Crippen molar-refractivity contribution in [2.24, 2.45) is 0 Å². The van der Waals surface area contributed by atoms with E-state index in [2.05, 4.69) is 26.2 Å². The van der Waals surface area contributed by atoms with Crippen LogP contribution in [0.1, 0.15) is 10.4 Å². The number of para-hydroxylation sites is 1. The third-order valence-electron chi connectivity index (χ3n) is 2.52. The highest BCUT2D eigenvalue weighted by Crippen LogP contribution is 2.27. The number of nitrogens with one attached hydrogen (secondary N) is 1. The fraction of sp³-hybridized carbons (Fsp3) is 0. The molecule has 0 saturated carbocycles. The Balaban J connectivity index is 2.38. The lowest BCUT2D eigenvalue weighted by molar-refractivity contribution is -0.384. The zero-order valence-corrected chi connectivity index (χ0v) is 11.6. The summed E-state index contributed by atoms with van der Waals surface area (Å²) in [6.45, 7) is 0. The summed E-state index contributed by atoms with van der Waals surface area (Å²) in [4.78, 5) is 26.3. The van der Waals surface area contributed by atoms with Crippen LogP contribution < -0.4 is 11.1 Å². The minimum atomic E-state index is -0.675. The van der Waals surface area contributed by atoms with Gasteiger partial charge in [0.05, 0.1) is 15.1 Å². The number of anilines is 2. The van der Waals surface area contributed by atoms with Crippen LogP contribution in [0.3, 0.4) is 0 Å². The summed E-state index contributed by atoms with van der Waals surface area (Å²) in [6, 6.07) is 5.77. The van der Waals surface area contributed by atoms with E-state index in [0.29, 0.717) is 10.2 Å². The summed E-state index contributed by atoms with van der Waals surface area (Å²) in [5.41, 5.74) is 5.44. The van der Waals surface area contributed by atoms with E-state index in [9.17, 15) is 14.9 Å². The number of rotatable bonds is 3. The van der Waals surface area contributed by atoms with Crippen molar-refractivity contribution in [1.82, 2.24) is 4.98 Å². The number of halogens is 1. The number of nitro benzene ring substituents is 1. The van der Waals surface area contributed by atoms with E-state index in [1.54, 1.807) is 6.07 Å². The van der Waals surface area contributed by atoms with Crippen LogP contribution in [0.5, 0.6) is 0 Å². The van der Waals surface area contributed by atoms with Crippen molar-refractivity contribution < 1.29 is 9.72 Å². The Kier molecular flexibility index (Phi) is 3.94. The second-order valence-electron chi connectivity index (χ2n) is 3.81. The van der Waals surface area contributed by atoms with Gasteiger partial charge in [-0.05, 0) is 34.1 Å². The summed E-state index contributed by atoms with van der Waals surface area (Å²) in [5.74, 6) is -0.615. The molecule has 0 radical (unpaired) electrons. The number of nitrogens with two attached hydrogens (primary N) is 1. The van der Waals surface area contributed by atoms with E-state index >= 15 is 0 Å². The smallest absolute Gasteiger partial charge is 0.304 e. The molecule has 1 aromatic carbocycles. The van der Waals surface area contributed by atoms with E-state index in [0.717, 1.165) is 0 Å². The molecule has 0 unspecified atom stereocenters. The van der Waals surface area contributed by atoms with Crippen LogP contribution in [0.4, 0.5) is 17.1 Å². The fourth-order valence-corrected chi connectivity index (χ4v) is 1.96. The molecule has 8 heteroatoms. The molecule has 7 nitrogen and oxygen atoms in total. The monoisotopic (exact) mass is 336 g/mol. The lowest BCUT2D eigenvalue weighted by Crippen LogP contribution is -2.15. The second kappa shape index (κ2) is 5.66. The van der Waals surface area contributed by atoms with Gasteiger partial charge >= 0.3 is 5.69 Å². The van der Waals surface area contributed by atoms with Gasteiger partial charge in [0.2, 0.25) is 0 Å². The molecule has 20 heavy (non-hydrogen) atoms. The molecular formula is C12H9BrN4O3. The largest absolute Gasteiger partial charge is 0.393 e. The molecule has 2 aromatic rings. The number of carbonyl (C=O) groups excluding carboxylic acids is 1. The Hall–Kier alpha value is -2.48. The van der Waals surface area contributed by atoms with Gasteiger partial charge in [0.25, 0.3) is 5.91 Å². The summed E-state index contributed by atoms with van der Waals surface area (Å²) in [5, 5.41) is 13.6. The zero-order chi connectivity index (χ0) is 14.7. The molecular weight excluding hydrogens is 328 g/mol. The van der Waals surface area contributed by atoms with Gasteiger partial charge in [0.1, 0.15) is 11.3 Å². The summed E-state index contributed by atoms with van der Waals surface area (Å²) < 4.78 is 0.569. The van der Waals surface area contributed by atoms with Crippen molar-refractivity contribution >= 4 is 38.9 Å². The molecule has 1 aromatic heterocycles. The van der Waals surface area contributed by atoms with Crippen LogP contribution in [-0.2, 0) is 0 Å². The maximum absolute atomic E-state index is 12.1. The fourth-order valence-electron chi connectivity index (χ4n) is 1.61. The summed E-state index contributed by atoms with van der Waals surface area (Å²) >= 11 is 3.22. The van der Waals surface area contributed by atoms with Crippen LogP contribution >= 0.6 is 15.9 Å². The topological polar surface area (TPSA) is 111 Å². The molecule has 0 aliphatic rings. The number of aromatic nitrogens is 1. The van der Waals surface area contributed by atoms with Crippen LogP contribution in [0, 0.1) is 10.1 Å². The molecule has 0 fully saturated rings. The first-order chi connectivity index (χ1) is 9.50. The first-order valence-electron chi connectivity index (χ1n) is 5.44. The van der Waals surface area contributed by atoms with E-state index in [1.165, 1.54) is 30.6 Å². The maximum Gasteiger partial charge on any atom is 0.304 e. The number of amides is 1. The number of hydrogen-bond acceptors (Lipinski definition) is 5. The zero-order valence-electron chi connectivity index (χ0n) is 10.0. The van der Waals surface area contributed by atoms with Gasteiger partial charge in [-0.1, -0.05) is 6.07 Å².